The number of nitrogens with zero attached hydrogens (tertiary/aromatic N) is 1. The zero-order valence-corrected chi connectivity index (χ0v) is 11.8. The molecule has 1 heterocycles. The number of piperidine rings is 1. The van der Waals surface area contributed by atoms with Gasteiger partial charge in [-0.1, -0.05) is 11.6 Å². The Morgan fingerprint density at radius 3 is 2.60 bits per heavy atom. The molecule has 6 heteroatoms. The summed E-state index contributed by atoms with van der Waals surface area (Å²) in [5, 5.41) is 12.0. The minimum absolute atomic E-state index is 0.0165. The molecule has 1 aromatic rings. The van der Waals surface area contributed by atoms with Crippen molar-refractivity contribution in [3.05, 3.63) is 28.8 Å². The van der Waals surface area contributed by atoms with E-state index in [0.717, 1.165) is 32.4 Å². The first kappa shape index (κ1) is 14.7. The summed E-state index contributed by atoms with van der Waals surface area (Å²) >= 11 is 5.74. The highest BCUT2D eigenvalue weighted by molar-refractivity contribution is 6.32. The molecule has 0 bridgehead atoms. The van der Waals surface area contributed by atoms with Crippen molar-refractivity contribution in [2.24, 2.45) is 0 Å². The van der Waals surface area contributed by atoms with E-state index >= 15 is 0 Å². The lowest BCUT2D eigenvalue weighted by Gasteiger charge is -2.26. The molecule has 108 valence electrons. The Hall–Kier alpha value is -1.75. The third-order valence-corrected chi connectivity index (χ3v) is 3.62. The summed E-state index contributed by atoms with van der Waals surface area (Å²) in [5.41, 5.74) is 0.319. The van der Waals surface area contributed by atoms with Crippen LogP contribution in [-0.4, -0.2) is 41.5 Å². The summed E-state index contributed by atoms with van der Waals surface area (Å²) in [6, 6.07) is 4.18. The Balaban J connectivity index is 1.88. The molecule has 1 fully saturated rings. The van der Waals surface area contributed by atoms with Gasteiger partial charge in [-0.05, 0) is 37.5 Å². The van der Waals surface area contributed by atoms with E-state index < -0.39 is 0 Å². The number of carbonyl (C=O) groups excluding carboxylic acids is 2. The number of hydrogen-bond donors (Lipinski definition) is 2. The standard InChI is InChI=1S/C14H17ClN2O3/c15-11-8-10(4-5-12(11)18)14(20)16-9-13(19)17-6-2-1-3-7-17/h4-5,8,18H,1-3,6-7,9H2,(H,16,20). The van der Waals surface area contributed by atoms with Crippen molar-refractivity contribution in [2.75, 3.05) is 19.6 Å². The number of hydrogen-bond acceptors (Lipinski definition) is 3. The van der Waals surface area contributed by atoms with Crippen LogP contribution in [0.4, 0.5) is 0 Å². The Morgan fingerprint density at radius 2 is 1.95 bits per heavy atom. The average Bonchev–Trinajstić information content (AvgIpc) is 2.48. The second-order valence-electron chi connectivity index (χ2n) is 4.79. The first-order chi connectivity index (χ1) is 9.58. The van der Waals surface area contributed by atoms with Gasteiger partial charge in [0.25, 0.3) is 5.91 Å². The number of likely N-dealkylation sites (tertiary alicyclic amines) is 1. The van der Waals surface area contributed by atoms with Crippen LogP contribution >= 0.6 is 11.6 Å². The molecule has 1 aliphatic heterocycles. The third kappa shape index (κ3) is 3.63. The molecule has 2 rings (SSSR count). The van der Waals surface area contributed by atoms with E-state index in [-0.39, 0.29) is 29.1 Å². The summed E-state index contributed by atoms with van der Waals surface area (Å²) in [4.78, 5) is 25.5. The predicted octanol–water partition coefficient (Wildman–Crippen LogP) is 1.79. The Labute approximate surface area is 122 Å². The summed E-state index contributed by atoms with van der Waals surface area (Å²) in [7, 11) is 0. The van der Waals surface area contributed by atoms with E-state index in [9.17, 15) is 14.7 Å². The zero-order chi connectivity index (χ0) is 14.5. The first-order valence-corrected chi connectivity index (χ1v) is 7.00. The highest BCUT2D eigenvalue weighted by Crippen LogP contribution is 2.23. The van der Waals surface area contributed by atoms with Gasteiger partial charge in [0, 0.05) is 18.7 Å². The van der Waals surface area contributed by atoms with Crippen LogP contribution in [0.15, 0.2) is 18.2 Å². The molecule has 1 aliphatic rings. The van der Waals surface area contributed by atoms with Gasteiger partial charge in [-0.15, -0.1) is 0 Å². The Kier molecular flexibility index (Phi) is 4.84. The van der Waals surface area contributed by atoms with Gasteiger partial charge >= 0.3 is 0 Å². The number of amides is 2. The number of benzene rings is 1. The largest absolute Gasteiger partial charge is 0.506 e. The molecular weight excluding hydrogens is 280 g/mol. The molecule has 0 aliphatic carbocycles. The average molecular weight is 297 g/mol. The van der Waals surface area contributed by atoms with Crippen LogP contribution in [-0.2, 0) is 4.79 Å². The van der Waals surface area contributed by atoms with E-state index in [2.05, 4.69) is 5.32 Å². The van der Waals surface area contributed by atoms with Crippen molar-refractivity contribution in [3.8, 4) is 5.75 Å². The Morgan fingerprint density at radius 1 is 1.25 bits per heavy atom. The monoisotopic (exact) mass is 296 g/mol. The molecular formula is C14H17ClN2O3. The number of phenolic OH excluding ortho intramolecular Hbond substituents is 1. The van der Waals surface area contributed by atoms with Gasteiger partial charge in [-0.3, -0.25) is 9.59 Å². The molecule has 0 aromatic heterocycles. The van der Waals surface area contributed by atoms with E-state index in [1.54, 1.807) is 4.90 Å². The second-order valence-corrected chi connectivity index (χ2v) is 5.20. The van der Waals surface area contributed by atoms with Crippen LogP contribution in [0.2, 0.25) is 5.02 Å². The maximum absolute atomic E-state index is 11.9. The molecule has 2 amide bonds. The van der Waals surface area contributed by atoms with Crippen LogP contribution in [0, 0.1) is 0 Å². The van der Waals surface area contributed by atoms with E-state index in [4.69, 9.17) is 11.6 Å². The van der Waals surface area contributed by atoms with Gasteiger partial charge < -0.3 is 15.3 Å². The van der Waals surface area contributed by atoms with Crippen molar-refractivity contribution < 1.29 is 14.7 Å². The minimum Gasteiger partial charge on any atom is -0.506 e. The fourth-order valence-electron chi connectivity index (χ4n) is 2.16. The third-order valence-electron chi connectivity index (χ3n) is 3.32. The summed E-state index contributed by atoms with van der Waals surface area (Å²) in [6.45, 7) is 1.51. The van der Waals surface area contributed by atoms with Gasteiger partial charge in [-0.25, -0.2) is 0 Å². The molecule has 20 heavy (non-hydrogen) atoms. The van der Waals surface area contributed by atoms with Crippen molar-refractivity contribution in [1.82, 2.24) is 10.2 Å². The number of halogens is 1. The van der Waals surface area contributed by atoms with Crippen molar-refractivity contribution >= 4 is 23.4 Å². The van der Waals surface area contributed by atoms with Gasteiger partial charge in [-0.2, -0.15) is 0 Å². The Bertz CT molecular complexity index is 513. The fourth-order valence-corrected chi connectivity index (χ4v) is 2.34. The molecule has 0 radical (unpaired) electrons. The topological polar surface area (TPSA) is 69.6 Å². The zero-order valence-electron chi connectivity index (χ0n) is 11.1. The minimum atomic E-state index is -0.378. The van der Waals surface area contributed by atoms with Crippen LogP contribution in [0.3, 0.4) is 0 Å². The fraction of sp³-hybridized carbons (Fsp3) is 0.429. The molecule has 1 aromatic carbocycles. The van der Waals surface area contributed by atoms with Crippen molar-refractivity contribution in [2.45, 2.75) is 19.3 Å². The highest BCUT2D eigenvalue weighted by Gasteiger charge is 2.17. The number of aromatic hydroxyl groups is 1. The lowest BCUT2D eigenvalue weighted by molar-refractivity contribution is -0.130. The van der Waals surface area contributed by atoms with Gasteiger partial charge in [0.2, 0.25) is 5.91 Å². The summed E-state index contributed by atoms with van der Waals surface area (Å²) in [6.07, 6.45) is 3.20. The number of rotatable bonds is 3. The maximum Gasteiger partial charge on any atom is 0.251 e. The first-order valence-electron chi connectivity index (χ1n) is 6.62. The lowest BCUT2D eigenvalue weighted by Crippen LogP contribution is -2.42. The molecule has 2 N–H and O–H groups in total. The van der Waals surface area contributed by atoms with Crippen LogP contribution in [0.25, 0.3) is 0 Å². The van der Waals surface area contributed by atoms with E-state index in [0.29, 0.717) is 5.56 Å². The lowest BCUT2D eigenvalue weighted by atomic mass is 10.1. The van der Waals surface area contributed by atoms with Crippen molar-refractivity contribution in [3.63, 3.8) is 0 Å². The van der Waals surface area contributed by atoms with E-state index in [1.807, 2.05) is 0 Å². The summed E-state index contributed by atoms with van der Waals surface area (Å²) in [5.74, 6) is -0.521. The van der Waals surface area contributed by atoms with Gasteiger partial charge in [0.1, 0.15) is 5.75 Å². The number of nitrogens with one attached hydrogen (secondary N) is 1. The number of phenols is 1. The molecule has 5 nitrogen and oxygen atoms in total. The van der Waals surface area contributed by atoms with Gasteiger partial charge in [0.05, 0.1) is 11.6 Å². The van der Waals surface area contributed by atoms with Crippen LogP contribution < -0.4 is 5.32 Å². The van der Waals surface area contributed by atoms with Crippen molar-refractivity contribution in [1.29, 1.82) is 0 Å². The second kappa shape index (κ2) is 6.61. The number of carbonyl (C=O) groups is 2. The normalized spacial score (nSPS) is 14.9. The van der Waals surface area contributed by atoms with Crippen LogP contribution in [0.5, 0.6) is 5.75 Å². The smallest absolute Gasteiger partial charge is 0.251 e. The SMILES string of the molecule is O=C(NCC(=O)N1CCCCC1)c1ccc(O)c(Cl)c1. The van der Waals surface area contributed by atoms with E-state index in [1.165, 1.54) is 18.2 Å². The quantitative estimate of drug-likeness (QED) is 0.893. The molecule has 1 saturated heterocycles. The molecule has 0 saturated carbocycles. The molecule has 0 unspecified atom stereocenters. The van der Waals surface area contributed by atoms with Crippen LogP contribution in [0.1, 0.15) is 29.6 Å². The molecule has 0 spiro atoms. The molecule has 0 atom stereocenters. The maximum atomic E-state index is 11.9. The highest BCUT2D eigenvalue weighted by atomic mass is 35.5. The van der Waals surface area contributed by atoms with Gasteiger partial charge in [0.15, 0.2) is 0 Å². The predicted molar refractivity (Wildman–Crippen MR) is 75.9 cm³/mol. The summed E-state index contributed by atoms with van der Waals surface area (Å²) < 4.78 is 0.